The Balaban J connectivity index is 1.87. The predicted octanol–water partition coefficient (Wildman–Crippen LogP) is 2.31. The van der Waals surface area contributed by atoms with Crippen molar-refractivity contribution in [2.24, 2.45) is 5.92 Å². The molecule has 0 bridgehead atoms. The molecule has 0 radical (unpaired) electrons. The van der Waals surface area contributed by atoms with Gasteiger partial charge in [-0.2, -0.15) is 0 Å². The summed E-state index contributed by atoms with van der Waals surface area (Å²) >= 11 is 0. The molecule has 1 heterocycles. The number of hydrogen-bond acceptors (Lipinski definition) is 3. The summed E-state index contributed by atoms with van der Waals surface area (Å²) in [7, 11) is 1.74. The summed E-state index contributed by atoms with van der Waals surface area (Å²) in [6.45, 7) is 2.18. The average molecular weight is 230 g/mol. The van der Waals surface area contributed by atoms with Gasteiger partial charge in [0.1, 0.15) is 0 Å². The van der Waals surface area contributed by atoms with Gasteiger partial charge in [-0.1, -0.05) is 6.92 Å². The van der Waals surface area contributed by atoms with Crippen LogP contribution >= 0.6 is 0 Å². The molecular weight excluding hydrogens is 208 g/mol. The van der Waals surface area contributed by atoms with Gasteiger partial charge in [0.15, 0.2) is 0 Å². The van der Waals surface area contributed by atoms with Gasteiger partial charge in [-0.05, 0) is 37.3 Å². The second-order valence-corrected chi connectivity index (χ2v) is 8.52. The molecular formula is C11H22O3Si. The highest BCUT2D eigenvalue weighted by Crippen LogP contribution is 2.42. The standard InChI is InChI=1S/C11H22O3Si/c1-4-15(12-2,13-3)8-9-5-6-10-11(7-9)14-10/h9-11H,4-8H2,1-3H3. The average Bonchev–Trinajstić information content (AvgIpc) is 3.04. The van der Waals surface area contributed by atoms with E-state index in [-0.39, 0.29) is 0 Å². The molecule has 2 rings (SSSR count). The molecule has 0 aromatic carbocycles. The van der Waals surface area contributed by atoms with E-state index in [4.69, 9.17) is 13.6 Å². The van der Waals surface area contributed by atoms with Crippen LogP contribution in [0.25, 0.3) is 0 Å². The highest BCUT2D eigenvalue weighted by molar-refractivity contribution is 6.67. The highest BCUT2D eigenvalue weighted by atomic mass is 28.4. The van der Waals surface area contributed by atoms with Gasteiger partial charge in [0.05, 0.1) is 12.2 Å². The smallest absolute Gasteiger partial charge is 0.337 e. The predicted molar refractivity (Wildman–Crippen MR) is 61.1 cm³/mol. The third-order valence-electron chi connectivity index (χ3n) is 4.00. The summed E-state index contributed by atoms with van der Waals surface area (Å²) < 4.78 is 16.9. The molecule has 1 saturated heterocycles. The van der Waals surface area contributed by atoms with Crippen molar-refractivity contribution in [3.8, 4) is 0 Å². The summed E-state index contributed by atoms with van der Waals surface area (Å²) in [5.74, 6) is 0.764. The molecule has 0 aromatic heterocycles. The molecule has 0 amide bonds. The minimum Gasteiger partial charge on any atom is -0.398 e. The van der Waals surface area contributed by atoms with Crippen LogP contribution in [0.2, 0.25) is 12.1 Å². The van der Waals surface area contributed by atoms with E-state index in [2.05, 4.69) is 6.92 Å². The van der Waals surface area contributed by atoms with Crippen molar-refractivity contribution in [2.75, 3.05) is 14.2 Å². The van der Waals surface area contributed by atoms with Crippen LogP contribution in [0.4, 0.5) is 0 Å². The van der Waals surface area contributed by atoms with E-state index in [1.54, 1.807) is 14.2 Å². The Morgan fingerprint density at radius 1 is 1.20 bits per heavy atom. The van der Waals surface area contributed by atoms with E-state index in [9.17, 15) is 0 Å². The van der Waals surface area contributed by atoms with Crippen LogP contribution in [0.15, 0.2) is 0 Å². The molecule has 4 heteroatoms. The monoisotopic (exact) mass is 230 g/mol. The molecule has 1 aliphatic heterocycles. The Kier molecular flexibility index (Phi) is 3.50. The molecule has 2 fully saturated rings. The van der Waals surface area contributed by atoms with Crippen molar-refractivity contribution < 1.29 is 13.6 Å². The first-order valence-corrected chi connectivity index (χ1v) is 8.22. The van der Waals surface area contributed by atoms with Gasteiger partial charge < -0.3 is 13.6 Å². The van der Waals surface area contributed by atoms with E-state index in [1.165, 1.54) is 19.3 Å². The van der Waals surface area contributed by atoms with Gasteiger partial charge in [0.25, 0.3) is 0 Å². The Bertz CT molecular complexity index is 210. The third-order valence-corrected chi connectivity index (χ3v) is 7.76. The van der Waals surface area contributed by atoms with Crippen LogP contribution in [0.5, 0.6) is 0 Å². The van der Waals surface area contributed by atoms with Crippen LogP contribution in [-0.2, 0) is 13.6 Å². The van der Waals surface area contributed by atoms with E-state index in [1.807, 2.05) is 0 Å². The van der Waals surface area contributed by atoms with E-state index in [0.29, 0.717) is 12.2 Å². The molecule has 1 saturated carbocycles. The minimum atomic E-state index is -1.87. The zero-order valence-electron chi connectivity index (χ0n) is 9.99. The first kappa shape index (κ1) is 11.6. The maximum Gasteiger partial charge on any atom is 0.337 e. The second-order valence-electron chi connectivity index (χ2n) is 4.77. The number of epoxide rings is 1. The topological polar surface area (TPSA) is 31.0 Å². The number of ether oxygens (including phenoxy) is 1. The van der Waals surface area contributed by atoms with Crippen molar-refractivity contribution >= 4 is 8.56 Å². The molecule has 1 aliphatic carbocycles. The molecule has 0 N–H and O–H groups in total. The maximum atomic E-state index is 5.66. The first-order valence-electron chi connectivity index (χ1n) is 5.98. The summed E-state index contributed by atoms with van der Waals surface area (Å²) in [5, 5.41) is 0. The van der Waals surface area contributed by atoms with Gasteiger partial charge in [-0.15, -0.1) is 0 Å². The van der Waals surface area contributed by atoms with Crippen molar-refractivity contribution in [2.45, 2.75) is 50.5 Å². The van der Waals surface area contributed by atoms with E-state index in [0.717, 1.165) is 18.0 Å². The fourth-order valence-corrected chi connectivity index (χ4v) is 5.41. The molecule has 3 unspecified atom stereocenters. The Hall–Kier alpha value is 0.0969. The maximum absolute atomic E-state index is 5.66. The lowest BCUT2D eigenvalue weighted by Gasteiger charge is -2.31. The van der Waals surface area contributed by atoms with Gasteiger partial charge in [0.2, 0.25) is 0 Å². The van der Waals surface area contributed by atoms with Gasteiger partial charge >= 0.3 is 8.56 Å². The van der Waals surface area contributed by atoms with E-state index < -0.39 is 8.56 Å². The molecule has 0 spiro atoms. The van der Waals surface area contributed by atoms with Gasteiger partial charge in [0, 0.05) is 14.2 Å². The zero-order chi connectivity index (χ0) is 10.9. The van der Waals surface area contributed by atoms with Gasteiger partial charge in [-0.25, -0.2) is 0 Å². The third kappa shape index (κ3) is 2.44. The number of hydrogen-bond donors (Lipinski definition) is 0. The fourth-order valence-electron chi connectivity index (χ4n) is 2.80. The van der Waals surface area contributed by atoms with Crippen molar-refractivity contribution in [3.05, 3.63) is 0 Å². The van der Waals surface area contributed by atoms with Crippen LogP contribution in [0.3, 0.4) is 0 Å². The number of fused-ring (bicyclic) bond motifs is 1. The van der Waals surface area contributed by atoms with Crippen molar-refractivity contribution in [1.29, 1.82) is 0 Å². The van der Waals surface area contributed by atoms with Crippen molar-refractivity contribution in [1.82, 2.24) is 0 Å². The second kappa shape index (κ2) is 4.53. The number of rotatable bonds is 5. The molecule has 3 nitrogen and oxygen atoms in total. The largest absolute Gasteiger partial charge is 0.398 e. The summed E-state index contributed by atoms with van der Waals surface area (Å²) in [5.41, 5.74) is 0. The van der Waals surface area contributed by atoms with Crippen LogP contribution < -0.4 is 0 Å². The van der Waals surface area contributed by atoms with Crippen LogP contribution in [-0.4, -0.2) is 35.0 Å². The normalized spacial score (nSPS) is 35.0. The quantitative estimate of drug-likeness (QED) is 0.536. The summed E-state index contributed by atoms with van der Waals surface area (Å²) in [6, 6.07) is 2.19. The zero-order valence-corrected chi connectivity index (χ0v) is 11.0. The molecule has 2 aliphatic rings. The fraction of sp³-hybridized carbons (Fsp3) is 1.00. The van der Waals surface area contributed by atoms with Crippen molar-refractivity contribution in [3.63, 3.8) is 0 Å². The molecule has 3 atom stereocenters. The molecule has 0 aromatic rings. The SMILES string of the molecule is CC[Si](CC1CCC2OC2C1)(OC)OC. The Labute approximate surface area is 93.3 Å². The molecule has 88 valence electrons. The van der Waals surface area contributed by atoms with Gasteiger partial charge in [-0.3, -0.25) is 0 Å². The summed E-state index contributed by atoms with van der Waals surface area (Å²) in [4.78, 5) is 0. The lowest BCUT2D eigenvalue weighted by molar-refractivity contribution is 0.229. The highest BCUT2D eigenvalue weighted by Gasteiger charge is 2.46. The summed E-state index contributed by atoms with van der Waals surface area (Å²) in [6.07, 6.45) is 4.94. The lowest BCUT2D eigenvalue weighted by Crippen LogP contribution is -2.41. The molecule has 15 heavy (non-hydrogen) atoms. The van der Waals surface area contributed by atoms with Crippen LogP contribution in [0.1, 0.15) is 26.2 Å². The minimum absolute atomic E-state index is 0.570. The van der Waals surface area contributed by atoms with Crippen LogP contribution in [0, 0.1) is 5.92 Å². The Morgan fingerprint density at radius 3 is 2.47 bits per heavy atom. The Morgan fingerprint density at radius 2 is 1.93 bits per heavy atom. The lowest BCUT2D eigenvalue weighted by atomic mass is 9.91. The van der Waals surface area contributed by atoms with E-state index >= 15 is 0 Å². The first-order chi connectivity index (χ1) is 7.23.